The van der Waals surface area contributed by atoms with E-state index in [0.29, 0.717) is 17.3 Å². The van der Waals surface area contributed by atoms with Crippen LogP contribution < -0.4 is 10.5 Å². The van der Waals surface area contributed by atoms with Gasteiger partial charge >= 0.3 is 0 Å². The van der Waals surface area contributed by atoms with Gasteiger partial charge in [0, 0.05) is 11.6 Å². The number of anilines is 1. The van der Waals surface area contributed by atoms with Crippen LogP contribution in [-0.4, -0.2) is 28.1 Å². The van der Waals surface area contributed by atoms with Gasteiger partial charge in [-0.1, -0.05) is 0 Å². The van der Waals surface area contributed by atoms with Crippen molar-refractivity contribution in [1.29, 1.82) is 0 Å². The second kappa shape index (κ2) is 4.79. The molecule has 0 atom stereocenters. The summed E-state index contributed by atoms with van der Waals surface area (Å²) in [6.07, 6.45) is 3.21. The van der Waals surface area contributed by atoms with Crippen LogP contribution in [0.25, 0.3) is 0 Å². The molecule has 0 aliphatic heterocycles. The van der Waals surface area contributed by atoms with E-state index in [1.807, 2.05) is 6.92 Å². The highest BCUT2D eigenvalue weighted by Gasteiger charge is 2.02. The zero-order valence-electron chi connectivity index (χ0n) is 10.2. The van der Waals surface area contributed by atoms with Crippen molar-refractivity contribution >= 4 is 12.2 Å². The lowest BCUT2D eigenvalue weighted by molar-refractivity contribution is 0.407. The first-order chi connectivity index (χ1) is 8.60. The number of imidazole rings is 1. The number of phenolic OH excluding ortho intramolecular Hbond substituents is 1. The first kappa shape index (κ1) is 12.0. The molecule has 1 heterocycles. The number of aromatic hydroxyl groups is 1. The van der Waals surface area contributed by atoms with Gasteiger partial charge in [0.15, 0.2) is 0 Å². The van der Waals surface area contributed by atoms with E-state index < -0.39 is 0 Å². The Morgan fingerprint density at radius 1 is 1.50 bits per heavy atom. The van der Waals surface area contributed by atoms with Crippen molar-refractivity contribution in [2.45, 2.75) is 6.92 Å². The zero-order chi connectivity index (χ0) is 13.1. The summed E-state index contributed by atoms with van der Waals surface area (Å²) in [7, 11) is 1.54. The Bertz CT molecular complexity index is 590. The number of hydrogen-bond donors (Lipinski definition) is 2. The Morgan fingerprint density at radius 3 is 2.83 bits per heavy atom. The molecule has 1 aromatic heterocycles. The lowest BCUT2D eigenvalue weighted by atomic mass is 10.2. The molecule has 18 heavy (non-hydrogen) atoms. The highest BCUT2D eigenvalue weighted by Crippen LogP contribution is 2.21. The maximum atomic E-state index is 9.75. The van der Waals surface area contributed by atoms with Crippen molar-refractivity contribution < 1.29 is 9.84 Å². The predicted octanol–water partition coefficient (Wildman–Crippen LogP) is 1.37. The molecule has 0 saturated heterocycles. The molecule has 0 aliphatic carbocycles. The van der Waals surface area contributed by atoms with E-state index in [-0.39, 0.29) is 5.75 Å². The molecular formula is C12H14N4O2. The lowest BCUT2D eigenvalue weighted by Gasteiger charge is -2.02. The molecule has 0 saturated carbocycles. The maximum absolute atomic E-state index is 9.75. The number of hydrogen-bond acceptors (Lipinski definition) is 5. The van der Waals surface area contributed by atoms with Crippen LogP contribution in [0.2, 0.25) is 0 Å². The van der Waals surface area contributed by atoms with E-state index >= 15 is 0 Å². The quantitative estimate of drug-likeness (QED) is 0.801. The summed E-state index contributed by atoms with van der Waals surface area (Å²) < 4.78 is 6.44. The Kier molecular flexibility index (Phi) is 3.18. The minimum absolute atomic E-state index is 0.0912. The average molecular weight is 246 g/mol. The Hall–Kier alpha value is -2.50. The van der Waals surface area contributed by atoms with Gasteiger partial charge in [-0.15, -0.1) is 0 Å². The standard InChI is InChI=1S/C12H14N4O2/c1-8-7-16(12(13)15-8)14-6-9-3-4-10(18-2)5-11(9)17/h3-7,17H,1-2H3,(H2,13,15). The van der Waals surface area contributed by atoms with E-state index in [4.69, 9.17) is 10.5 Å². The maximum Gasteiger partial charge on any atom is 0.221 e. The number of aromatic nitrogens is 2. The average Bonchev–Trinajstić information content (AvgIpc) is 2.66. The van der Waals surface area contributed by atoms with E-state index in [9.17, 15) is 5.11 Å². The molecule has 0 amide bonds. The molecule has 2 aromatic rings. The summed E-state index contributed by atoms with van der Waals surface area (Å²) >= 11 is 0. The van der Waals surface area contributed by atoms with Crippen LogP contribution in [0.5, 0.6) is 11.5 Å². The normalized spacial score (nSPS) is 11.0. The van der Waals surface area contributed by atoms with Crippen LogP contribution in [0, 0.1) is 6.92 Å². The van der Waals surface area contributed by atoms with E-state index in [1.165, 1.54) is 24.1 Å². The van der Waals surface area contributed by atoms with Gasteiger partial charge in [-0.2, -0.15) is 5.10 Å². The summed E-state index contributed by atoms with van der Waals surface area (Å²) in [5, 5.41) is 13.9. The van der Waals surface area contributed by atoms with Gasteiger partial charge in [0.2, 0.25) is 5.95 Å². The Morgan fingerprint density at radius 2 is 2.28 bits per heavy atom. The number of nitrogen functional groups attached to an aromatic ring is 1. The number of methoxy groups -OCH3 is 1. The number of ether oxygens (including phenoxy) is 1. The fraction of sp³-hybridized carbons (Fsp3) is 0.167. The molecule has 94 valence electrons. The van der Waals surface area contributed by atoms with Gasteiger partial charge in [-0.3, -0.25) is 0 Å². The first-order valence-electron chi connectivity index (χ1n) is 5.33. The van der Waals surface area contributed by atoms with Crippen molar-refractivity contribution in [3.05, 3.63) is 35.7 Å². The van der Waals surface area contributed by atoms with E-state index in [2.05, 4.69) is 10.1 Å². The molecule has 0 unspecified atom stereocenters. The summed E-state index contributed by atoms with van der Waals surface area (Å²) in [6.45, 7) is 1.83. The molecule has 1 aromatic carbocycles. The largest absolute Gasteiger partial charge is 0.507 e. The molecule has 3 N–H and O–H groups in total. The van der Waals surface area contributed by atoms with Gasteiger partial charge in [0.1, 0.15) is 11.5 Å². The number of nitrogens with two attached hydrogens (primary N) is 1. The summed E-state index contributed by atoms with van der Waals surface area (Å²) in [4.78, 5) is 4.02. The molecule has 0 aliphatic rings. The number of aryl methyl sites for hydroxylation is 1. The minimum Gasteiger partial charge on any atom is -0.507 e. The molecule has 0 spiro atoms. The molecule has 6 heteroatoms. The Balaban J connectivity index is 2.26. The Labute approximate surface area is 104 Å². The molecule has 0 radical (unpaired) electrons. The number of nitrogens with zero attached hydrogens (tertiary/aromatic N) is 3. The van der Waals surface area contributed by atoms with Crippen LogP contribution in [-0.2, 0) is 0 Å². The lowest BCUT2D eigenvalue weighted by Crippen LogP contribution is -1.97. The van der Waals surface area contributed by atoms with Crippen molar-refractivity contribution in [3.63, 3.8) is 0 Å². The van der Waals surface area contributed by atoms with Gasteiger partial charge in [-0.25, -0.2) is 9.66 Å². The number of phenols is 1. The van der Waals surface area contributed by atoms with E-state index in [0.717, 1.165) is 5.69 Å². The fourth-order valence-corrected chi connectivity index (χ4v) is 1.48. The predicted molar refractivity (Wildman–Crippen MR) is 69.0 cm³/mol. The second-order valence-corrected chi connectivity index (χ2v) is 3.75. The summed E-state index contributed by atoms with van der Waals surface area (Å²) in [5.74, 6) is 0.980. The first-order valence-corrected chi connectivity index (χ1v) is 5.33. The third kappa shape index (κ3) is 2.42. The van der Waals surface area contributed by atoms with Gasteiger partial charge < -0.3 is 15.6 Å². The van der Waals surface area contributed by atoms with Gasteiger partial charge in [-0.05, 0) is 19.1 Å². The zero-order valence-corrected chi connectivity index (χ0v) is 10.2. The van der Waals surface area contributed by atoms with Crippen molar-refractivity contribution in [1.82, 2.24) is 9.66 Å². The fourth-order valence-electron chi connectivity index (χ4n) is 1.48. The van der Waals surface area contributed by atoms with Crippen LogP contribution in [0.15, 0.2) is 29.5 Å². The topological polar surface area (TPSA) is 85.7 Å². The third-order valence-corrected chi connectivity index (χ3v) is 2.39. The highest BCUT2D eigenvalue weighted by atomic mass is 16.5. The highest BCUT2D eigenvalue weighted by molar-refractivity contribution is 5.83. The molecule has 0 fully saturated rings. The molecule has 6 nitrogen and oxygen atoms in total. The van der Waals surface area contributed by atoms with E-state index in [1.54, 1.807) is 18.3 Å². The minimum atomic E-state index is 0.0912. The van der Waals surface area contributed by atoms with Crippen LogP contribution >= 0.6 is 0 Å². The molecular weight excluding hydrogens is 232 g/mol. The summed E-state index contributed by atoms with van der Waals surface area (Å²) in [6, 6.07) is 4.96. The SMILES string of the molecule is COc1ccc(C=Nn2cc(C)nc2N)c(O)c1. The van der Waals surface area contributed by atoms with Crippen molar-refractivity contribution in [3.8, 4) is 11.5 Å². The van der Waals surface area contributed by atoms with Crippen molar-refractivity contribution in [2.75, 3.05) is 12.8 Å². The van der Waals surface area contributed by atoms with Crippen LogP contribution in [0.4, 0.5) is 5.95 Å². The number of rotatable bonds is 3. The van der Waals surface area contributed by atoms with Crippen LogP contribution in [0.3, 0.4) is 0 Å². The van der Waals surface area contributed by atoms with Gasteiger partial charge in [0.05, 0.1) is 25.2 Å². The third-order valence-electron chi connectivity index (χ3n) is 2.39. The number of benzene rings is 1. The van der Waals surface area contributed by atoms with Crippen molar-refractivity contribution in [2.24, 2.45) is 5.10 Å². The smallest absolute Gasteiger partial charge is 0.221 e. The second-order valence-electron chi connectivity index (χ2n) is 3.75. The summed E-state index contributed by atoms with van der Waals surface area (Å²) in [5.41, 5.74) is 7.00. The van der Waals surface area contributed by atoms with Gasteiger partial charge in [0.25, 0.3) is 0 Å². The molecule has 2 rings (SSSR count). The monoisotopic (exact) mass is 246 g/mol. The van der Waals surface area contributed by atoms with Crippen LogP contribution in [0.1, 0.15) is 11.3 Å². The molecule has 0 bridgehead atoms.